The summed E-state index contributed by atoms with van der Waals surface area (Å²) < 4.78 is 12.4. The highest BCUT2D eigenvalue weighted by Gasteiger charge is 2.67. The lowest BCUT2D eigenvalue weighted by molar-refractivity contribution is -0.235. The molecule has 5 nitrogen and oxygen atoms in total. The van der Waals surface area contributed by atoms with Crippen molar-refractivity contribution >= 4 is 0 Å². The third kappa shape index (κ3) is 3.00. The predicted octanol–water partition coefficient (Wildman–Crippen LogP) is 6.01. The molecule has 0 spiro atoms. The van der Waals surface area contributed by atoms with Gasteiger partial charge in [-0.15, -0.1) is 0 Å². The molecule has 2 aromatic rings. The van der Waals surface area contributed by atoms with Gasteiger partial charge in [-0.3, -0.25) is 4.98 Å². The Labute approximate surface area is 196 Å². The van der Waals surface area contributed by atoms with Crippen molar-refractivity contribution in [3.8, 4) is 17.1 Å². The highest BCUT2D eigenvalue weighted by atomic mass is 16.5. The Morgan fingerprint density at radius 3 is 2.64 bits per heavy atom. The molecular formula is C28H37NO4. The molecule has 0 saturated heterocycles. The maximum atomic E-state index is 13.2. The van der Waals surface area contributed by atoms with Crippen molar-refractivity contribution in [2.75, 3.05) is 0 Å². The normalized spacial score (nSPS) is 42.0. The summed E-state index contributed by atoms with van der Waals surface area (Å²) >= 11 is 0. The van der Waals surface area contributed by atoms with Crippen molar-refractivity contribution in [3.63, 3.8) is 0 Å². The zero-order chi connectivity index (χ0) is 23.8. The van der Waals surface area contributed by atoms with E-state index >= 15 is 0 Å². The molecule has 5 rings (SSSR count). The van der Waals surface area contributed by atoms with Crippen LogP contribution in [0.25, 0.3) is 11.3 Å². The lowest BCUT2D eigenvalue weighted by atomic mass is 9.40. The Kier molecular flexibility index (Phi) is 5.10. The smallest absolute Gasteiger partial charge is 0.345 e. The SMILES string of the molecule is CC[C@]1(C)C2C[C@H](C)[C@@]3(C)Oc4cc(-c5cccnc5)oc(=O)c4[C@H](O)C3[C@@]2(C)CC[C@@H]1C. The first-order chi connectivity index (χ1) is 15.6. The largest absolute Gasteiger partial charge is 0.486 e. The van der Waals surface area contributed by atoms with Crippen LogP contribution in [0.1, 0.15) is 78.9 Å². The Morgan fingerprint density at radius 2 is 1.97 bits per heavy atom. The Hall–Kier alpha value is -2.14. The van der Waals surface area contributed by atoms with Crippen molar-refractivity contribution in [2.45, 2.75) is 78.9 Å². The molecule has 178 valence electrons. The quantitative estimate of drug-likeness (QED) is 0.605. The van der Waals surface area contributed by atoms with E-state index in [4.69, 9.17) is 9.15 Å². The second kappa shape index (κ2) is 7.43. The van der Waals surface area contributed by atoms with Gasteiger partial charge in [0.25, 0.3) is 0 Å². The van der Waals surface area contributed by atoms with Crippen LogP contribution in [-0.4, -0.2) is 15.7 Å². The molecule has 2 fully saturated rings. The standard InChI is InChI=1S/C28H37NO4/c1-7-26(4)16(2)10-11-27(5)21(26)13-17(3)28(6)24(27)23(30)22-20(33-28)14-19(32-25(22)31)18-9-8-12-29-15-18/h8-9,12,14-17,21,23-24,30H,7,10-11,13H2,1-6H3/t16-,17-,21?,23-,24?,26-,27-,28+/m0/s1. The van der Waals surface area contributed by atoms with Crippen molar-refractivity contribution in [1.29, 1.82) is 0 Å². The van der Waals surface area contributed by atoms with Crippen LogP contribution in [0.5, 0.6) is 5.75 Å². The van der Waals surface area contributed by atoms with E-state index in [1.54, 1.807) is 24.5 Å². The number of hydrogen-bond acceptors (Lipinski definition) is 5. The Balaban J connectivity index is 1.65. The zero-order valence-corrected chi connectivity index (χ0v) is 20.7. The van der Waals surface area contributed by atoms with Crippen molar-refractivity contribution < 1.29 is 14.3 Å². The van der Waals surface area contributed by atoms with Gasteiger partial charge in [-0.05, 0) is 66.9 Å². The number of rotatable bonds is 2. The Morgan fingerprint density at radius 1 is 1.21 bits per heavy atom. The van der Waals surface area contributed by atoms with E-state index in [9.17, 15) is 9.90 Å². The molecule has 1 N–H and O–H groups in total. The molecule has 1 aliphatic heterocycles. The van der Waals surface area contributed by atoms with E-state index < -0.39 is 17.3 Å². The summed E-state index contributed by atoms with van der Waals surface area (Å²) in [6.45, 7) is 13.9. The van der Waals surface area contributed by atoms with Gasteiger partial charge in [-0.25, -0.2) is 4.79 Å². The third-order valence-electron chi connectivity index (χ3n) is 10.3. The summed E-state index contributed by atoms with van der Waals surface area (Å²) in [6, 6.07) is 5.42. The number of aliphatic hydroxyl groups excluding tert-OH is 1. The lowest BCUT2D eigenvalue weighted by Crippen LogP contribution is -2.67. The minimum absolute atomic E-state index is 0.121. The minimum atomic E-state index is -0.914. The van der Waals surface area contributed by atoms with E-state index in [0.29, 0.717) is 28.9 Å². The van der Waals surface area contributed by atoms with Gasteiger partial charge < -0.3 is 14.3 Å². The predicted molar refractivity (Wildman–Crippen MR) is 128 cm³/mol. The van der Waals surface area contributed by atoms with Gasteiger partial charge in [-0.2, -0.15) is 0 Å². The van der Waals surface area contributed by atoms with E-state index in [1.807, 2.05) is 6.07 Å². The van der Waals surface area contributed by atoms with Crippen LogP contribution >= 0.6 is 0 Å². The van der Waals surface area contributed by atoms with Gasteiger partial charge in [0.1, 0.15) is 22.7 Å². The first-order valence-electron chi connectivity index (χ1n) is 12.5. The van der Waals surface area contributed by atoms with Gasteiger partial charge in [-0.1, -0.05) is 41.0 Å². The van der Waals surface area contributed by atoms with Gasteiger partial charge in [0.15, 0.2) is 0 Å². The average Bonchev–Trinajstić information content (AvgIpc) is 2.78. The first-order valence-corrected chi connectivity index (χ1v) is 12.5. The average molecular weight is 452 g/mol. The van der Waals surface area contributed by atoms with Crippen molar-refractivity contribution in [3.05, 3.63) is 46.6 Å². The molecule has 2 unspecified atom stereocenters. The summed E-state index contributed by atoms with van der Waals surface area (Å²) in [5.74, 6) is 2.04. The summed E-state index contributed by atoms with van der Waals surface area (Å²) in [5.41, 5.74) is -0.00166. The van der Waals surface area contributed by atoms with Gasteiger partial charge in [0, 0.05) is 29.9 Å². The van der Waals surface area contributed by atoms with Crippen LogP contribution in [-0.2, 0) is 0 Å². The van der Waals surface area contributed by atoms with E-state index in [1.165, 1.54) is 0 Å². The summed E-state index contributed by atoms with van der Waals surface area (Å²) in [5, 5.41) is 11.8. The second-order valence-corrected chi connectivity index (χ2v) is 11.6. The summed E-state index contributed by atoms with van der Waals surface area (Å²) in [4.78, 5) is 17.3. The molecule has 2 aliphatic carbocycles. The van der Waals surface area contributed by atoms with Gasteiger partial charge >= 0.3 is 5.63 Å². The Bertz CT molecular complexity index is 1110. The molecule has 0 radical (unpaired) electrons. The molecule has 0 amide bonds. The fraction of sp³-hybridized carbons (Fsp3) is 0.643. The highest BCUT2D eigenvalue weighted by Crippen LogP contribution is 2.69. The second-order valence-electron chi connectivity index (χ2n) is 11.6. The third-order valence-corrected chi connectivity index (χ3v) is 10.3. The molecular weight excluding hydrogens is 414 g/mol. The number of ether oxygens (including phenoxy) is 1. The highest BCUT2D eigenvalue weighted by molar-refractivity contribution is 5.59. The monoisotopic (exact) mass is 451 g/mol. The van der Waals surface area contributed by atoms with Crippen LogP contribution in [0.15, 0.2) is 39.8 Å². The molecule has 3 heterocycles. The summed E-state index contributed by atoms with van der Waals surface area (Å²) in [6.07, 6.45) is 6.79. The molecule has 3 aliphatic rings. The topological polar surface area (TPSA) is 72.6 Å². The van der Waals surface area contributed by atoms with Gasteiger partial charge in [0.05, 0.1) is 6.10 Å². The number of fused-ring (bicyclic) bond motifs is 4. The van der Waals surface area contributed by atoms with Crippen molar-refractivity contribution in [1.82, 2.24) is 4.98 Å². The maximum Gasteiger partial charge on any atom is 0.345 e. The number of aliphatic hydroxyl groups is 1. The lowest BCUT2D eigenvalue weighted by Gasteiger charge is -2.67. The molecule has 8 atom stereocenters. The molecule has 5 heteroatoms. The molecule has 0 aromatic carbocycles. The van der Waals surface area contributed by atoms with E-state index in [2.05, 4.69) is 46.5 Å². The maximum absolute atomic E-state index is 13.2. The van der Waals surface area contributed by atoms with Gasteiger partial charge in [0.2, 0.25) is 0 Å². The number of aromatic nitrogens is 1. The molecule has 2 aromatic heterocycles. The zero-order valence-electron chi connectivity index (χ0n) is 20.7. The molecule has 33 heavy (non-hydrogen) atoms. The van der Waals surface area contributed by atoms with Crippen LogP contribution in [0.2, 0.25) is 0 Å². The fourth-order valence-corrected chi connectivity index (χ4v) is 7.91. The number of pyridine rings is 1. The fourth-order valence-electron chi connectivity index (χ4n) is 7.91. The first kappa shape index (κ1) is 22.6. The number of nitrogens with zero attached hydrogens (tertiary/aromatic N) is 1. The number of hydrogen-bond donors (Lipinski definition) is 1. The minimum Gasteiger partial charge on any atom is -0.486 e. The van der Waals surface area contributed by atoms with Crippen LogP contribution in [0.4, 0.5) is 0 Å². The van der Waals surface area contributed by atoms with Crippen molar-refractivity contribution in [2.24, 2.45) is 34.5 Å². The van der Waals surface area contributed by atoms with E-state index in [-0.39, 0.29) is 28.2 Å². The van der Waals surface area contributed by atoms with Crippen LogP contribution in [0, 0.1) is 34.5 Å². The summed E-state index contributed by atoms with van der Waals surface area (Å²) in [7, 11) is 0. The molecule has 0 bridgehead atoms. The van der Waals surface area contributed by atoms with E-state index in [0.717, 1.165) is 25.7 Å². The van der Waals surface area contributed by atoms with Crippen LogP contribution < -0.4 is 10.4 Å². The van der Waals surface area contributed by atoms with Crippen LogP contribution in [0.3, 0.4) is 0 Å². The molecule has 2 saturated carbocycles.